The first-order chi connectivity index (χ1) is 11.9. The Morgan fingerprint density at radius 2 is 1.80 bits per heavy atom. The minimum atomic E-state index is -0.422. The number of rotatable bonds is 6. The summed E-state index contributed by atoms with van der Waals surface area (Å²) < 4.78 is 10.6. The van der Waals surface area contributed by atoms with Gasteiger partial charge in [-0.1, -0.05) is 23.2 Å². The first-order valence-electron chi connectivity index (χ1n) is 7.22. The number of carbonyl (C=O) groups is 2. The lowest BCUT2D eigenvalue weighted by Crippen LogP contribution is -2.20. The van der Waals surface area contributed by atoms with Crippen LogP contribution in [0.15, 0.2) is 36.4 Å². The third kappa shape index (κ3) is 5.55. The fourth-order valence-electron chi connectivity index (χ4n) is 2.00. The summed E-state index contributed by atoms with van der Waals surface area (Å²) in [5.74, 6) is 0.113. The van der Waals surface area contributed by atoms with Crippen molar-refractivity contribution in [2.45, 2.75) is 6.92 Å². The van der Waals surface area contributed by atoms with Gasteiger partial charge in [0, 0.05) is 23.7 Å². The second-order valence-corrected chi connectivity index (χ2v) is 5.85. The fraction of sp³-hybridized carbons (Fsp3) is 0.176. The van der Waals surface area contributed by atoms with Crippen molar-refractivity contribution < 1.29 is 19.1 Å². The van der Waals surface area contributed by atoms with Crippen molar-refractivity contribution >= 4 is 46.4 Å². The maximum absolute atomic E-state index is 12.1. The highest BCUT2D eigenvalue weighted by Crippen LogP contribution is 2.29. The molecular formula is C17H16Cl2N2O4. The van der Waals surface area contributed by atoms with Gasteiger partial charge in [0.2, 0.25) is 5.91 Å². The third-order valence-corrected chi connectivity index (χ3v) is 3.59. The van der Waals surface area contributed by atoms with Gasteiger partial charge in [0.15, 0.2) is 6.61 Å². The summed E-state index contributed by atoms with van der Waals surface area (Å²) in [7, 11) is 1.48. The highest BCUT2D eigenvalue weighted by molar-refractivity contribution is 6.34. The van der Waals surface area contributed by atoms with Gasteiger partial charge in [0.1, 0.15) is 11.5 Å². The fourth-order valence-corrected chi connectivity index (χ4v) is 2.34. The molecule has 0 unspecified atom stereocenters. The van der Waals surface area contributed by atoms with Crippen LogP contribution in [-0.2, 0) is 9.59 Å². The molecule has 2 aromatic carbocycles. The highest BCUT2D eigenvalue weighted by Gasteiger charge is 2.11. The number of hydrogen-bond donors (Lipinski definition) is 2. The number of methoxy groups -OCH3 is 1. The van der Waals surface area contributed by atoms with E-state index in [1.165, 1.54) is 20.1 Å². The first-order valence-corrected chi connectivity index (χ1v) is 7.98. The van der Waals surface area contributed by atoms with Crippen LogP contribution in [0, 0.1) is 0 Å². The summed E-state index contributed by atoms with van der Waals surface area (Å²) in [4.78, 5) is 23.3. The molecule has 0 saturated heterocycles. The number of anilines is 2. The molecule has 2 rings (SSSR count). The van der Waals surface area contributed by atoms with E-state index < -0.39 is 5.91 Å². The zero-order chi connectivity index (χ0) is 18.4. The van der Waals surface area contributed by atoms with Crippen LogP contribution in [0.4, 0.5) is 11.4 Å². The van der Waals surface area contributed by atoms with Gasteiger partial charge in [-0.05, 0) is 30.3 Å². The molecule has 0 spiro atoms. The van der Waals surface area contributed by atoms with Crippen molar-refractivity contribution in [2.75, 3.05) is 24.4 Å². The molecule has 0 radical (unpaired) electrons. The van der Waals surface area contributed by atoms with Gasteiger partial charge in [0.25, 0.3) is 5.91 Å². The standard InChI is InChI=1S/C17H16Cl2N2O4/c1-10(22)20-12-4-6-15(24-2)14(8-12)21-17(23)9-25-16-7-11(18)3-5-13(16)19/h3-8H,9H2,1-2H3,(H,20,22)(H,21,23). The summed E-state index contributed by atoms with van der Waals surface area (Å²) in [6.45, 7) is 1.12. The molecular weight excluding hydrogens is 367 g/mol. The zero-order valence-corrected chi connectivity index (χ0v) is 15.1. The Kier molecular flexibility index (Phi) is 6.50. The van der Waals surface area contributed by atoms with E-state index in [0.717, 1.165) is 0 Å². The number of carbonyl (C=O) groups excluding carboxylic acids is 2. The SMILES string of the molecule is COc1ccc(NC(C)=O)cc1NC(=O)COc1cc(Cl)ccc1Cl. The lowest BCUT2D eigenvalue weighted by Gasteiger charge is -2.13. The molecule has 0 aliphatic heterocycles. The molecule has 0 atom stereocenters. The Labute approximate surface area is 155 Å². The maximum Gasteiger partial charge on any atom is 0.262 e. The minimum Gasteiger partial charge on any atom is -0.495 e. The van der Waals surface area contributed by atoms with Gasteiger partial charge < -0.3 is 20.1 Å². The molecule has 0 saturated carbocycles. The monoisotopic (exact) mass is 382 g/mol. The molecule has 8 heteroatoms. The maximum atomic E-state index is 12.1. The number of nitrogens with one attached hydrogen (secondary N) is 2. The van der Waals surface area contributed by atoms with Gasteiger partial charge in [-0.3, -0.25) is 9.59 Å². The van der Waals surface area contributed by atoms with Gasteiger partial charge in [0.05, 0.1) is 17.8 Å². The second kappa shape index (κ2) is 8.60. The summed E-state index contributed by atoms with van der Waals surface area (Å²) in [5.41, 5.74) is 0.932. The molecule has 0 aliphatic carbocycles. The summed E-state index contributed by atoms with van der Waals surface area (Å²) >= 11 is 11.9. The molecule has 2 aromatic rings. The van der Waals surface area contributed by atoms with E-state index in [4.69, 9.17) is 32.7 Å². The van der Waals surface area contributed by atoms with Gasteiger partial charge in [-0.2, -0.15) is 0 Å². The molecule has 0 aromatic heterocycles. The molecule has 6 nitrogen and oxygen atoms in total. The smallest absolute Gasteiger partial charge is 0.262 e. The molecule has 0 fully saturated rings. The van der Waals surface area contributed by atoms with Gasteiger partial charge in [-0.25, -0.2) is 0 Å². The first kappa shape index (κ1) is 18.9. The molecule has 2 amide bonds. The van der Waals surface area contributed by atoms with Crippen LogP contribution in [0.5, 0.6) is 11.5 Å². The number of ether oxygens (including phenoxy) is 2. The summed E-state index contributed by atoms with van der Waals surface area (Å²) in [6.07, 6.45) is 0. The van der Waals surface area contributed by atoms with E-state index >= 15 is 0 Å². The van der Waals surface area contributed by atoms with Crippen LogP contribution < -0.4 is 20.1 Å². The molecule has 25 heavy (non-hydrogen) atoms. The van der Waals surface area contributed by atoms with Crippen LogP contribution in [0.3, 0.4) is 0 Å². The number of halogens is 2. The number of amides is 2. The van der Waals surface area contributed by atoms with E-state index in [-0.39, 0.29) is 12.5 Å². The van der Waals surface area contributed by atoms with Gasteiger partial charge >= 0.3 is 0 Å². The van der Waals surface area contributed by atoms with E-state index in [0.29, 0.717) is 32.9 Å². The number of hydrogen-bond acceptors (Lipinski definition) is 4. The average Bonchev–Trinajstić information content (AvgIpc) is 2.55. The van der Waals surface area contributed by atoms with Crippen LogP contribution in [0.2, 0.25) is 10.0 Å². The van der Waals surface area contributed by atoms with E-state index in [2.05, 4.69) is 10.6 Å². The summed E-state index contributed by atoms with van der Waals surface area (Å²) in [6, 6.07) is 9.61. The predicted molar refractivity (Wildman–Crippen MR) is 97.9 cm³/mol. The Morgan fingerprint density at radius 3 is 2.48 bits per heavy atom. The van der Waals surface area contributed by atoms with Crippen molar-refractivity contribution in [1.29, 1.82) is 0 Å². The lowest BCUT2D eigenvalue weighted by atomic mass is 10.2. The zero-order valence-electron chi connectivity index (χ0n) is 13.6. The average molecular weight is 383 g/mol. The summed E-state index contributed by atoms with van der Waals surface area (Å²) in [5, 5.41) is 6.09. The van der Waals surface area contributed by atoms with E-state index in [1.54, 1.807) is 30.3 Å². The normalized spacial score (nSPS) is 10.1. The van der Waals surface area contributed by atoms with Crippen LogP contribution in [-0.4, -0.2) is 25.5 Å². The Morgan fingerprint density at radius 1 is 1.04 bits per heavy atom. The Balaban J connectivity index is 2.06. The largest absolute Gasteiger partial charge is 0.495 e. The quantitative estimate of drug-likeness (QED) is 0.791. The van der Waals surface area contributed by atoms with E-state index in [1.807, 2.05) is 0 Å². The van der Waals surface area contributed by atoms with Crippen molar-refractivity contribution in [1.82, 2.24) is 0 Å². The van der Waals surface area contributed by atoms with Crippen molar-refractivity contribution in [3.05, 3.63) is 46.4 Å². The van der Waals surface area contributed by atoms with Crippen molar-refractivity contribution in [2.24, 2.45) is 0 Å². The van der Waals surface area contributed by atoms with Crippen LogP contribution in [0.1, 0.15) is 6.92 Å². The van der Waals surface area contributed by atoms with Crippen LogP contribution >= 0.6 is 23.2 Å². The molecule has 2 N–H and O–H groups in total. The Bertz CT molecular complexity index is 796. The van der Waals surface area contributed by atoms with Crippen molar-refractivity contribution in [3.8, 4) is 11.5 Å². The predicted octanol–water partition coefficient (Wildman–Crippen LogP) is 3.98. The van der Waals surface area contributed by atoms with Gasteiger partial charge in [-0.15, -0.1) is 0 Å². The molecule has 0 bridgehead atoms. The van der Waals surface area contributed by atoms with E-state index in [9.17, 15) is 9.59 Å². The second-order valence-electron chi connectivity index (χ2n) is 5.01. The molecule has 0 heterocycles. The Hall–Kier alpha value is -2.44. The van der Waals surface area contributed by atoms with Crippen LogP contribution in [0.25, 0.3) is 0 Å². The molecule has 0 aliphatic rings. The molecule has 132 valence electrons. The minimum absolute atomic E-state index is 0.221. The number of benzene rings is 2. The lowest BCUT2D eigenvalue weighted by molar-refractivity contribution is -0.118. The van der Waals surface area contributed by atoms with Crippen molar-refractivity contribution in [3.63, 3.8) is 0 Å². The highest BCUT2D eigenvalue weighted by atomic mass is 35.5. The topological polar surface area (TPSA) is 76.7 Å². The third-order valence-electron chi connectivity index (χ3n) is 3.05.